The summed E-state index contributed by atoms with van der Waals surface area (Å²) >= 11 is 6.22. The lowest BCUT2D eigenvalue weighted by Gasteiger charge is -2.30. The Morgan fingerprint density at radius 2 is 1.54 bits per heavy atom. The summed E-state index contributed by atoms with van der Waals surface area (Å²) in [6, 6.07) is 26.2. The Bertz CT molecular complexity index is 1390. The third kappa shape index (κ3) is 6.17. The molecule has 0 saturated carbocycles. The molecule has 2 atom stereocenters. The fraction of sp³-hybridized carbons (Fsp3) is 0.226. The minimum atomic E-state index is -0.959. The Labute approximate surface area is 221 Å². The van der Waals surface area contributed by atoms with Crippen LogP contribution in [0, 0.1) is 5.82 Å². The Morgan fingerprint density at radius 1 is 0.892 bits per heavy atom. The van der Waals surface area contributed by atoms with Crippen LogP contribution in [0.25, 0.3) is 10.8 Å². The summed E-state index contributed by atoms with van der Waals surface area (Å²) in [5.74, 6) is -1.53. The first kappa shape index (κ1) is 26.4. The van der Waals surface area contributed by atoms with Gasteiger partial charge < -0.3 is 10.4 Å². The molecule has 190 valence electrons. The number of carboxylic acids is 1. The van der Waals surface area contributed by atoms with Gasteiger partial charge in [-0.05, 0) is 64.7 Å². The topological polar surface area (TPSA) is 66.4 Å². The number of benzene rings is 4. The molecule has 0 aliphatic rings. The number of hydrogen-bond donors (Lipinski definition) is 2. The molecule has 4 aromatic carbocycles. The van der Waals surface area contributed by atoms with Crippen LogP contribution in [0.1, 0.15) is 65.1 Å². The maximum absolute atomic E-state index is 14.7. The maximum atomic E-state index is 14.7. The first-order chi connectivity index (χ1) is 17.9. The van der Waals surface area contributed by atoms with Gasteiger partial charge in [0.25, 0.3) is 5.91 Å². The van der Waals surface area contributed by atoms with Crippen molar-refractivity contribution >= 4 is 34.2 Å². The molecular weight excluding hydrogens is 489 g/mol. The van der Waals surface area contributed by atoms with Crippen molar-refractivity contribution in [1.82, 2.24) is 5.32 Å². The zero-order chi connectivity index (χ0) is 26.4. The van der Waals surface area contributed by atoms with E-state index in [0.717, 1.165) is 34.9 Å². The Hall–Kier alpha value is -3.70. The lowest BCUT2D eigenvalue weighted by Crippen LogP contribution is -2.26. The van der Waals surface area contributed by atoms with E-state index >= 15 is 0 Å². The Kier molecular flexibility index (Phi) is 8.57. The molecule has 1 amide bonds. The van der Waals surface area contributed by atoms with Gasteiger partial charge in [0, 0.05) is 28.4 Å². The van der Waals surface area contributed by atoms with E-state index in [2.05, 4.69) is 12.2 Å². The second kappa shape index (κ2) is 12.0. The molecule has 0 aromatic heterocycles. The lowest BCUT2D eigenvalue weighted by molar-refractivity contribution is -0.136. The molecule has 0 radical (unpaired) electrons. The van der Waals surface area contributed by atoms with Crippen LogP contribution in [-0.2, 0) is 4.79 Å². The first-order valence-electron chi connectivity index (χ1n) is 12.4. The predicted molar refractivity (Wildman–Crippen MR) is 146 cm³/mol. The first-order valence-corrected chi connectivity index (χ1v) is 12.8. The summed E-state index contributed by atoms with van der Waals surface area (Å²) in [4.78, 5) is 23.2. The molecule has 6 heteroatoms. The summed E-state index contributed by atoms with van der Waals surface area (Å²) in [7, 11) is 0. The summed E-state index contributed by atoms with van der Waals surface area (Å²) in [6.45, 7) is 2.21. The van der Waals surface area contributed by atoms with Gasteiger partial charge >= 0.3 is 5.97 Å². The van der Waals surface area contributed by atoms with E-state index in [1.807, 2.05) is 60.7 Å². The van der Waals surface area contributed by atoms with E-state index in [1.165, 1.54) is 6.07 Å². The molecule has 0 bridgehead atoms. The smallest absolute Gasteiger partial charge is 0.305 e. The van der Waals surface area contributed by atoms with E-state index < -0.39 is 5.97 Å². The second-order valence-corrected chi connectivity index (χ2v) is 9.56. The number of rotatable bonds is 10. The summed E-state index contributed by atoms with van der Waals surface area (Å²) < 4.78 is 14.7. The third-order valence-corrected chi connectivity index (χ3v) is 6.95. The van der Waals surface area contributed by atoms with Crippen molar-refractivity contribution in [3.05, 3.63) is 118 Å². The van der Waals surface area contributed by atoms with Crippen LogP contribution in [0.2, 0.25) is 5.02 Å². The maximum Gasteiger partial charge on any atom is 0.305 e. The molecule has 4 aromatic rings. The highest BCUT2D eigenvalue weighted by molar-refractivity contribution is 6.30. The van der Waals surface area contributed by atoms with Gasteiger partial charge in [-0.25, -0.2) is 4.39 Å². The van der Waals surface area contributed by atoms with E-state index in [1.54, 1.807) is 18.2 Å². The van der Waals surface area contributed by atoms with Crippen LogP contribution in [0.4, 0.5) is 4.39 Å². The van der Waals surface area contributed by atoms with Gasteiger partial charge in [-0.15, -0.1) is 0 Å². The summed E-state index contributed by atoms with van der Waals surface area (Å²) in [6.07, 6.45) is 1.69. The molecule has 0 aliphatic heterocycles. The van der Waals surface area contributed by atoms with Crippen LogP contribution in [-0.4, -0.2) is 23.5 Å². The van der Waals surface area contributed by atoms with Crippen LogP contribution in [0.3, 0.4) is 0 Å². The molecule has 0 heterocycles. The van der Waals surface area contributed by atoms with Gasteiger partial charge in [-0.3, -0.25) is 9.59 Å². The van der Waals surface area contributed by atoms with Crippen LogP contribution < -0.4 is 5.32 Å². The van der Waals surface area contributed by atoms with Crippen LogP contribution in [0.15, 0.2) is 84.9 Å². The normalized spacial score (nSPS) is 12.7. The van der Waals surface area contributed by atoms with E-state index in [9.17, 15) is 14.0 Å². The highest BCUT2D eigenvalue weighted by Gasteiger charge is 2.28. The fourth-order valence-corrected chi connectivity index (χ4v) is 5.09. The number of carbonyl (C=O) groups is 2. The number of amides is 1. The molecule has 2 N–H and O–H groups in total. The zero-order valence-electron chi connectivity index (χ0n) is 20.6. The predicted octanol–water partition coefficient (Wildman–Crippen LogP) is 7.55. The molecule has 1 unspecified atom stereocenters. The van der Waals surface area contributed by atoms with Crippen molar-refractivity contribution in [2.24, 2.45) is 0 Å². The van der Waals surface area contributed by atoms with Gasteiger partial charge in [0.2, 0.25) is 0 Å². The van der Waals surface area contributed by atoms with Crippen molar-refractivity contribution in [1.29, 1.82) is 0 Å². The van der Waals surface area contributed by atoms with Crippen molar-refractivity contribution in [2.45, 2.75) is 38.0 Å². The van der Waals surface area contributed by atoms with Gasteiger partial charge in [0.05, 0.1) is 6.42 Å². The summed E-state index contributed by atoms with van der Waals surface area (Å²) in [5.41, 5.74) is 3.65. The Morgan fingerprint density at radius 3 is 2.19 bits per heavy atom. The second-order valence-electron chi connectivity index (χ2n) is 9.13. The molecule has 0 spiro atoms. The average molecular weight is 518 g/mol. The van der Waals surface area contributed by atoms with Crippen molar-refractivity contribution in [3.63, 3.8) is 0 Å². The van der Waals surface area contributed by atoms with E-state index in [-0.39, 0.29) is 36.5 Å². The molecule has 37 heavy (non-hydrogen) atoms. The van der Waals surface area contributed by atoms with E-state index in [0.29, 0.717) is 16.0 Å². The molecule has 0 fully saturated rings. The van der Waals surface area contributed by atoms with Gasteiger partial charge in [-0.1, -0.05) is 79.5 Å². The highest BCUT2D eigenvalue weighted by Crippen LogP contribution is 2.44. The molecule has 0 saturated heterocycles. The zero-order valence-corrected chi connectivity index (χ0v) is 21.3. The number of carbonyl (C=O) groups excluding carboxylic acids is 1. The fourth-order valence-electron chi connectivity index (χ4n) is 4.96. The van der Waals surface area contributed by atoms with Gasteiger partial charge in [0.1, 0.15) is 5.82 Å². The minimum absolute atomic E-state index is 0.0594. The van der Waals surface area contributed by atoms with Gasteiger partial charge in [0.15, 0.2) is 0 Å². The molecular formula is C31H29ClFNO3. The number of halogens is 2. The Balaban J connectivity index is 1.77. The van der Waals surface area contributed by atoms with Gasteiger partial charge in [-0.2, -0.15) is 0 Å². The number of hydrogen-bond acceptors (Lipinski definition) is 2. The van der Waals surface area contributed by atoms with E-state index in [4.69, 9.17) is 16.7 Å². The molecule has 4 nitrogen and oxygen atoms in total. The molecule has 4 rings (SSSR count). The average Bonchev–Trinajstić information content (AvgIpc) is 2.90. The quantitative estimate of drug-likeness (QED) is 0.228. The summed E-state index contributed by atoms with van der Waals surface area (Å²) in [5, 5.41) is 13.6. The van der Waals surface area contributed by atoms with Crippen LogP contribution >= 0.6 is 11.6 Å². The van der Waals surface area contributed by atoms with Crippen molar-refractivity contribution < 1.29 is 19.1 Å². The minimum Gasteiger partial charge on any atom is -0.481 e. The largest absolute Gasteiger partial charge is 0.481 e. The third-order valence-electron chi connectivity index (χ3n) is 6.70. The monoisotopic (exact) mass is 517 g/mol. The SMILES string of the molecule is CCC[C@H](c1ccc(C(=O)NCCC(=O)O)cc1)C(c1ccc(Cl)cc1)c1ccc(F)c2ccccc12. The lowest BCUT2D eigenvalue weighted by atomic mass is 9.74. The number of carboxylic acid groups (broad SMARTS) is 1. The highest BCUT2D eigenvalue weighted by atomic mass is 35.5. The number of nitrogens with one attached hydrogen (secondary N) is 1. The van der Waals surface area contributed by atoms with Crippen molar-refractivity contribution in [3.8, 4) is 0 Å². The molecule has 0 aliphatic carbocycles. The van der Waals surface area contributed by atoms with Crippen molar-refractivity contribution in [2.75, 3.05) is 6.54 Å². The number of aliphatic carboxylic acids is 1. The number of fused-ring (bicyclic) bond motifs is 1. The van der Waals surface area contributed by atoms with Crippen LogP contribution in [0.5, 0.6) is 0 Å². The standard InChI is InChI=1S/C31H29ClFNO3/c1-2-5-24(20-8-10-22(11-9-20)31(37)34-19-18-29(35)36)30(21-12-14-23(32)15-13-21)27-16-17-28(33)26-7-4-3-6-25(26)27/h3-4,6-17,24,30H,2,5,18-19H2,1H3,(H,34,37)(H,35,36)/t24-,30?/m1/s1.